The molecule has 5 heteroatoms. The molecule has 0 aliphatic heterocycles. The van der Waals surface area contributed by atoms with Gasteiger partial charge in [-0.25, -0.2) is 0 Å². The molecular weight excluding hydrogens is 158 g/mol. The van der Waals surface area contributed by atoms with Gasteiger partial charge in [-0.05, 0) is 6.92 Å². The van der Waals surface area contributed by atoms with Gasteiger partial charge in [0, 0.05) is 0 Å². The Bertz CT molecular complexity index is 34.9. The highest BCUT2D eigenvalue weighted by atomic mass is 35.5. The standard InChI is InChI=1S/C2H7O2P.2ClH/c1-2-4-5-3;;/h2,5H2,1H3;2*1H. The van der Waals surface area contributed by atoms with Crippen LogP contribution in [0.25, 0.3) is 0 Å². The van der Waals surface area contributed by atoms with Gasteiger partial charge in [-0.2, -0.15) is 0 Å². The van der Waals surface area contributed by atoms with E-state index in [0.29, 0.717) is 6.61 Å². The Labute approximate surface area is 56.7 Å². The second-order valence-electron chi connectivity index (χ2n) is 0.552. The lowest BCUT2D eigenvalue weighted by molar-refractivity contribution is 0.365. The van der Waals surface area contributed by atoms with Gasteiger partial charge in [-0.3, -0.25) is 4.57 Å². The fraction of sp³-hybridized carbons (Fsp3) is 1.00. The predicted molar refractivity (Wildman–Crippen MR) is 36.5 cm³/mol. The summed E-state index contributed by atoms with van der Waals surface area (Å²) in [5.74, 6) is 0. The fourth-order valence-electron chi connectivity index (χ4n) is 0.0680. The predicted octanol–water partition coefficient (Wildman–Crippen LogP) is 1.54. The topological polar surface area (TPSA) is 26.3 Å². The van der Waals surface area contributed by atoms with Crippen LogP contribution in [0.3, 0.4) is 0 Å². The molecule has 0 fully saturated rings. The Kier molecular flexibility index (Phi) is 35.5. The maximum Gasteiger partial charge on any atom is 0.179 e. The molecule has 0 rings (SSSR count). The molecule has 0 radical (unpaired) electrons. The first-order chi connectivity index (χ1) is 2.41. The van der Waals surface area contributed by atoms with Gasteiger partial charge in [0.25, 0.3) is 0 Å². The molecule has 0 aliphatic carbocycles. The van der Waals surface area contributed by atoms with Gasteiger partial charge >= 0.3 is 0 Å². The van der Waals surface area contributed by atoms with Crippen molar-refractivity contribution < 1.29 is 9.09 Å². The zero-order valence-electron chi connectivity index (χ0n) is 3.92. The smallest absolute Gasteiger partial charge is 0.179 e. The van der Waals surface area contributed by atoms with Crippen LogP contribution in [-0.2, 0) is 9.09 Å². The highest BCUT2D eigenvalue weighted by molar-refractivity contribution is 7.17. The maximum atomic E-state index is 9.39. The molecule has 2 nitrogen and oxygen atoms in total. The highest BCUT2D eigenvalue weighted by Crippen LogP contribution is 1.89. The number of rotatable bonds is 2. The van der Waals surface area contributed by atoms with Gasteiger partial charge < -0.3 is 4.52 Å². The summed E-state index contributed by atoms with van der Waals surface area (Å²) in [5, 5.41) is 0. The first-order valence-corrected chi connectivity index (χ1v) is 2.41. The van der Waals surface area contributed by atoms with E-state index in [1.165, 1.54) is 0 Å². The van der Waals surface area contributed by atoms with Crippen molar-refractivity contribution in [2.75, 3.05) is 6.61 Å². The monoisotopic (exact) mass is 166 g/mol. The summed E-state index contributed by atoms with van der Waals surface area (Å²) in [7, 11) is -0.964. The van der Waals surface area contributed by atoms with Crippen LogP contribution < -0.4 is 0 Å². The summed E-state index contributed by atoms with van der Waals surface area (Å²) in [6, 6.07) is 0. The van der Waals surface area contributed by atoms with Crippen molar-refractivity contribution in [1.82, 2.24) is 0 Å². The highest BCUT2D eigenvalue weighted by Gasteiger charge is 1.60. The second-order valence-corrected chi connectivity index (χ2v) is 1.08. The molecule has 0 saturated heterocycles. The van der Waals surface area contributed by atoms with Gasteiger partial charge in [-0.1, -0.05) is 0 Å². The van der Waals surface area contributed by atoms with E-state index in [4.69, 9.17) is 0 Å². The van der Waals surface area contributed by atoms with E-state index in [1.54, 1.807) is 0 Å². The third kappa shape index (κ3) is 20.1. The molecule has 0 N–H and O–H groups in total. The van der Waals surface area contributed by atoms with Crippen molar-refractivity contribution in [3.63, 3.8) is 0 Å². The fourth-order valence-corrected chi connectivity index (χ4v) is 0.204. The van der Waals surface area contributed by atoms with Crippen molar-refractivity contribution in [1.29, 1.82) is 0 Å². The summed E-state index contributed by atoms with van der Waals surface area (Å²) in [4.78, 5) is 0. The molecule has 48 valence electrons. The van der Waals surface area contributed by atoms with Crippen LogP contribution in [0.5, 0.6) is 0 Å². The van der Waals surface area contributed by atoms with Gasteiger partial charge in [0.05, 0.1) is 6.61 Å². The van der Waals surface area contributed by atoms with Gasteiger partial charge in [0.1, 0.15) is 0 Å². The van der Waals surface area contributed by atoms with E-state index < -0.39 is 8.69 Å². The molecule has 0 aromatic rings. The first kappa shape index (κ1) is 15.7. The summed E-state index contributed by atoms with van der Waals surface area (Å²) >= 11 is 0. The molecule has 0 amide bonds. The normalized spacial score (nSPS) is 7.57. The molecule has 0 bridgehead atoms. The SMILES string of the molecule is CCO[PH2]=O.Cl.Cl. The summed E-state index contributed by atoms with van der Waals surface area (Å²) in [6.07, 6.45) is 0. The van der Waals surface area contributed by atoms with E-state index in [-0.39, 0.29) is 24.8 Å². The Morgan fingerprint density at radius 2 is 2.00 bits per heavy atom. The quantitative estimate of drug-likeness (QED) is 0.583. The van der Waals surface area contributed by atoms with Crippen LogP contribution in [-0.4, -0.2) is 6.61 Å². The second kappa shape index (κ2) is 15.9. The molecule has 7 heavy (non-hydrogen) atoms. The minimum absolute atomic E-state index is 0. The summed E-state index contributed by atoms with van der Waals surface area (Å²) in [6.45, 7) is 2.38. The molecule has 0 spiro atoms. The van der Waals surface area contributed by atoms with Crippen LogP contribution in [0.15, 0.2) is 0 Å². The van der Waals surface area contributed by atoms with Crippen LogP contribution in [0.1, 0.15) is 6.92 Å². The van der Waals surface area contributed by atoms with Crippen molar-refractivity contribution in [2.45, 2.75) is 6.92 Å². The molecule has 0 aromatic heterocycles. The summed E-state index contributed by atoms with van der Waals surface area (Å²) < 4.78 is 13.8. The molecule has 1 unspecified atom stereocenters. The Balaban J connectivity index is -0.0000000800. The average molecular weight is 167 g/mol. The van der Waals surface area contributed by atoms with Crippen molar-refractivity contribution in [2.24, 2.45) is 0 Å². The van der Waals surface area contributed by atoms with E-state index in [0.717, 1.165) is 0 Å². The van der Waals surface area contributed by atoms with Crippen molar-refractivity contribution in [3.8, 4) is 0 Å². The maximum absolute atomic E-state index is 9.39. The van der Waals surface area contributed by atoms with E-state index in [2.05, 4.69) is 4.52 Å². The van der Waals surface area contributed by atoms with E-state index in [9.17, 15) is 4.57 Å². The van der Waals surface area contributed by atoms with Crippen molar-refractivity contribution in [3.05, 3.63) is 0 Å². The van der Waals surface area contributed by atoms with Crippen molar-refractivity contribution >= 4 is 33.5 Å². The molecule has 1 atom stereocenters. The lowest BCUT2D eigenvalue weighted by atomic mass is 10.9. The molecule has 0 aromatic carbocycles. The molecular formula is C2H9Cl2O2P. The number of hydrogen-bond donors (Lipinski definition) is 0. The number of halogens is 2. The van der Waals surface area contributed by atoms with Crippen LogP contribution in [0.4, 0.5) is 0 Å². The minimum Gasteiger partial charge on any atom is -0.333 e. The third-order valence-corrected chi connectivity index (χ3v) is 0.704. The Morgan fingerprint density at radius 1 is 1.57 bits per heavy atom. The molecule has 0 aliphatic rings. The third-order valence-electron chi connectivity index (χ3n) is 0.235. The Hall–Kier alpha value is 0.770. The Morgan fingerprint density at radius 3 is 2.00 bits per heavy atom. The van der Waals surface area contributed by atoms with Crippen LogP contribution >= 0.6 is 33.5 Å². The summed E-state index contributed by atoms with van der Waals surface area (Å²) in [5.41, 5.74) is 0. The largest absolute Gasteiger partial charge is 0.333 e. The van der Waals surface area contributed by atoms with Crippen LogP contribution in [0.2, 0.25) is 0 Å². The average Bonchev–Trinajstić information content (AvgIpc) is 1.41. The van der Waals surface area contributed by atoms with Gasteiger partial charge in [-0.15, -0.1) is 24.8 Å². The lowest BCUT2D eigenvalue weighted by Crippen LogP contribution is -1.65. The zero-order chi connectivity index (χ0) is 4.12. The number of hydrogen-bond acceptors (Lipinski definition) is 2. The lowest BCUT2D eigenvalue weighted by Gasteiger charge is -1.76. The molecule has 0 heterocycles. The van der Waals surface area contributed by atoms with Crippen LogP contribution in [0, 0.1) is 0 Å². The molecule has 0 saturated carbocycles. The zero-order valence-corrected chi connectivity index (χ0v) is 6.71. The minimum atomic E-state index is -0.964. The van der Waals surface area contributed by atoms with E-state index in [1.807, 2.05) is 6.92 Å². The first-order valence-electron chi connectivity index (χ1n) is 1.47. The van der Waals surface area contributed by atoms with Gasteiger partial charge in [0.2, 0.25) is 0 Å². The van der Waals surface area contributed by atoms with E-state index >= 15 is 0 Å². The van der Waals surface area contributed by atoms with Gasteiger partial charge in [0.15, 0.2) is 8.69 Å².